The molecule has 0 aromatic heterocycles. The molecular formula is C20H23NO6. The number of carboxylic acids is 1. The lowest BCUT2D eigenvalue weighted by atomic mass is 10.1. The number of carboxylic acid groups (broad SMARTS) is 1. The van der Waals surface area contributed by atoms with E-state index in [1.165, 1.54) is 21.3 Å². The highest BCUT2D eigenvalue weighted by Gasteiger charge is 2.15. The molecule has 0 aliphatic rings. The van der Waals surface area contributed by atoms with Gasteiger partial charge in [0, 0.05) is 12.1 Å². The van der Waals surface area contributed by atoms with Crippen LogP contribution in [-0.4, -0.2) is 38.3 Å². The van der Waals surface area contributed by atoms with Crippen LogP contribution < -0.4 is 19.5 Å². The van der Waals surface area contributed by atoms with Crippen molar-refractivity contribution in [3.05, 3.63) is 47.5 Å². The lowest BCUT2D eigenvalue weighted by Gasteiger charge is -2.14. The van der Waals surface area contributed by atoms with Gasteiger partial charge in [0.15, 0.2) is 11.5 Å². The van der Waals surface area contributed by atoms with Gasteiger partial charge in [-0.3, -0.25) is 9.59 Å². The highest BCUT2D eigenvalue weighted by molar-refractivity contribution is 5.92. The molecule has 1 amide bonds. The molecule has 7 heteroatoms. The number of aryl methyl sites for hydroxylation is 1. The van der Waals surface area contributed by atoms with Crippen LogP contribution in [0.15, 0.2) is 36.4 Å². The number of ether oxygens (including phenoxy) is 3. The first-order chi connectivity index (χ1) is 13.0. The van der Waals surface area contributed by atoms with E-state index >= 15 is 0 Å². The SMILES string of the molecule is COc1cc(CC(=O)Nc2cccc(CCC(=O)O)c2)cc(OC)c1OC. The Bertz CT molecular complexity index is 793. The molecule has 27 heavy (non-hydrogen) atoms. The smallest absolute Gasteiger partial charge is 0.303 e. The Balaban J connectivity index is 2.09. The van der Waals surface area contributed by atoms with Crippen molar-refractivity contribution in [3.8, 4) is 17.2 Å². The summed E-state index contributed by atoms with van der Waals surface area (Å²) in [6, 6.07) is 10.6. The number of hydrogen-bond donors (Lipinski definition) is 2. The fraction of sp³-hybridized carbons (Fsp3) is 0.300. The number of methoxy groups -OCH3 is 3. The molecule has 0 fully saturated rings. The maximum Gasteiger partial charge on any atom is 0.303 e. The second-order valence-electron chi connectivity index (χ2n) is 5.85. The first-order valence-electron chi connectivity index (χ1n) is 8.36. The Morgan fingerprint density at radius 1 is 0.963 bits per heavy atom. The second-order valence-corrected chi connectivity index (χ2v) is 5.85. The number of amides is 1. The number of aliphatic carboxylic acids is 1. The standard InChI is InChI=1S/C20H23NO6/c1-25-16-10-14(11-17(26-2)20(16)27-3)12-18(22)21-15-6-4-5-13(9-15)7-8-19(23)24/h4-6,9-11H,7-8,12H2,1-3H3,(H,21,22)(H,23,24). The van der Waals surface area contributed by atoms with E-state index in [4.69, 9.17) is 19.3 Å². The lowest BCUT2D eigenvalue weighted by Crippen LogP contribution is -2.14. The molecule has 0 aliphatic heterocycles. The van der Waals surface area contributed by atoms with E-state index < -0.39 is 5.97 Å². The van der Waals surface area contributed by atoms with Crippen molar-refractivity contribution in [2.75, 3.05) is 26.6 Å². The molecule has 0 unspecified atom stereocenters. The second kappa shape index (κ2) is 9.47. The van der Waals surface area contributed by atoms with Crippen LogP contribution in [0.1, 0.15) is 17.5 Å². The minimum absolute atomic E-state index is 0.0445. The predicted octanol–water partition coefficient (Wildman–Crippen LogP) is 2.91. The molecule has 0 aliphatic carbocycles. The highest BCUT2D eigenvalue weighted by atomic mass is 16.5. The summed E-state index contributed by atoms with van der Waals surface area (Å²) in [5.74, 6) is 0.368. The van der Waals surface area contributed by atoms with Gasteiger partial charge < -0.3 is 24.6 Å². The number of benzene rings is 2. The maximum atomic E-state index is 12.4. The molecule has 0 radical (unpaired) electrons. The molecule has 2 aromatic carbocycles. The summed E-state index contributed by atoms with van der Waals surface area (Å²) in [6.07, 6.45) is 0.574. The molecule has 7 nitrogen and oxygen atoms in total. The van der Waals surface area contributed by atoms with Gasteiger partial charge in [0.1, 0.15) is 0 Å². The number of nitrogens with one attached hydrogen (secondary N) is 1. The fourth-order valence-corrected chi connectivity index (χ4v) is 2.68. The summed E-state index contributed by atoms with van der Waals surface area (Å²) in [5, 5.41) is 11.6. The Kier molecular flexibility index (Phi) is 7.05. The zero-order chi connectivity index (χ0) is 19.8. The van der Waals surface area contributed by atoms with Crippen molar-refractivity contribution in [2.45, 2.75) is 19.3 Å². The van der Waals surface area contributed by atoms with Crippen LogP contribution >= 0.6 is 0 Å². The zero-order valence-corrected chi connectivity index (χ0v) is 15.6. The topological polar surface area (TPSA) is 94.1 Å². The molecular weight excluding hydrogens is 350 g/mol. The van der Waals surface area contributed by atoms with Gasteiger partial charge in [-0.2, -0.15) is 0 Å². The van der Waals surface area contributed by atoms with Crippen molar-refractivity contribution < 1.29 is 28.9 Å². The summed E-state index contributed by atoms with van der Waals surface area (Å²) < 4.78 is 15.9. The molecule has 2 aromatic rings. The van der Waals surface area contributed by atoms with Crippen LogP contribution in [0.4, 0.5) is 5.69 Å². The van der Waals surface area contributed by atoms with Gasteiger partial charge in [-0.25, -0.2) is 0 Å². The Morgan fingerprint density at radius 2 is 1.63 bits per heavy atom. The predicted molar refractivity (Wildman–Crippen MR) is 101 cm³/mol. The lowest BCUT2D eigenvalue weighted by molar-refractivity contribution is -0.137. The van der Waals surface area contributed by atoms with E-state index in [9.17, 15) is 9.59 Å². The van der Waals surface area contributed by atoms with E-state index in [0.29, 0.717) is 34.9 Å². The third kappa shape index (κ3) is 5.64. The van der Waals surface area contributed by atoms with E-state index in [1.54, 1.807) is 30.3 Å². The van der Waals surface area contributed by atoms with Crippen molar-refractivity contribution in [1.82, 2.24) is 0 Å². The van der Waals surface area contributed by atoms with Crippen molar-refractivity contribution >= 4 is 17.6 Å². The first kappa shape index (κ1) is 20.1. The van der Waals surface area contributed by atoms with Crippen LogP contribution in [0.5, 0.6) is 17.2 Å². The van der Waals surface area contributed by atoms with Crippen molar-refractivity contribution in [2.24, 2.45) is 0 Å². The normalized spacial score (nSPS) is 10.2. The van der Waals surface area contributed by atoms with E-state index in [-0.39, 0.29) is 18.7 Å². The average Bonchev–Trinajstić information content (AvgIpc) is 2.65. The van der Waals surface area contributed by atoms with Gasteiger partial charge >= 0.3 is 5.97 Å². The monoisotopic (exact) mass is 373 g/mol. The summed E-state index contributed by atoms with van der Waals surface area (Å²) in [4.78, 5) is 23.1. The quantitative estimate of drug-likeness (QED) is 0.702. The van der Waals surface area contributed by atoms with Crippen molar-refractivity contribution in [1.29, 1.82) is 0 Å². The van der Waals surface area contributed by atoms with Gasteiger partial charge in [-0.1, -0.05) is 12.1 Å². The highest BCUT2D eigenvalue weighted by Crippen LogP contribution is 2.38. The number of hydrogen-bond acceptors (Lipinski definition) is 5. The van der Waals surface area contributed by atoms with Crippen LogP contribution in [0.3, 0.4) is 0 Å². The summed E-state index contributed by atoms with van der Waals surface area (Å²) in [5.41, 5.74) is 2.18. The third-order valence-electron chi connectivity index (χ3n) is 3.93. The fourth-order valence-electron chi connectivity index (χ4n) is 2.68. The molecule has 0 saturated heterocycles. The average molecular weight is 373 g/mol. The largest absolute Gasteiger partial charge is 0.493 e. The van der Waals surface area contributed by atoms with Gasteiger partial charge in [-0.15, -0.1) is 0 Å². The zero-order valence-electron chi connectivity index (χ0n) is 15.6. The number of anilines is 1. The minimum Gasteiger partial charge on any atom is -0.493 e. The van der Waals surface area contributed by atoms with Gasteiger partial charge in [0.25, 0.3) is 0 Å². The molecule has 2 N–H and O–H groups in total. The minimum atomic E-state index is -0.855. The summed E-state index contributed by atoms with van der Waals surface area (Å²) in [7, 11) is 4.55. The maximum absolute atomic E-state index is 12.4. The Hall–Kier alpha value is -3.22. The van der Waals surface area contributed by atoms with Crippen LogP contribution in [0.2, 0.25) is 0 Å². The van der Waals surface area contributed by atoms with Crippen LogP contribution in [-0.2, 0) is 22.4 Å². The molecule has 0 spiro atoms. The summed E-state index contributed by atoms with van der Waals surface area (Å²) in [6.45, 7) is 0. The third-order valence-corrected chi connectivity index (χ3v) is 3.93. The number of rotatable bonds is 9. The van der Waals surface area contributed by atoms with Crippen molar-refractivity contribution in [3.63, 3.8) is 0 Å². The van der Waals surface area contributed by atoms with Crippen LogP contribution in [0, 0.1) is 0 Å². The van der Waals surface area contributed by atoms with Crippen LogP contribution in [0.25, 0.3) is 0 Å². The van der Waals surface area contributed by atoms with E-state index in [2.05, 4.69) is 5.32 Å². The number of carbonyl (C=O) groups excluding carboxylic acids is 1. The van der Waals surface area contributed by atoms with Gasteiger partial charge in [-0.05, 0) is 41.8 Å². The molecule has 0 heterocycles. The summed E-state index contributed by atoms with van der Waals surface area (Å²) >= 11 is 0. The van der Waals surface area contributed by atoms with E-state index in [1.807, 2.05) is 6.07 Å². The molecule has 0 saturated carbocycles. The first-order valence-corrected chi connectivity index (χ1v) is 8.36. The molecule has 0 bridgehead atoms. The molecule has 2 rings (SSSR count). The van der Waals surface area contributed by atoms with Gasteiger partial charge in [0.05, 0.1) is 27.8 Å². The number of carbonyl (C=O) groups is 2. The molecule has 144 valence electrons. The van der Waals surface area contributed by atoms with Gasteiger partial charge in [0.2, 0.25) is 11.7 Å². The molecule has 0 atom stereocenters. The van der Waals surface area contributed by atoms with E-state index in [0.717, 1.165) is 5.56 Å². The Morgan fingerprint density at radius 3 is 2.19 bits per heavy atom. The Labute approximate surface area is 157 Å².